The van der Waals surface area contributed by atoms with Crippen molar-refractivity contribution in [3.63, 3.8) is 0 Å². The molecule has 0 bridgehead atoms. The molecule has 108 valence electrons. The Hall–Kier alpha value is -1.73. The van der Waals surface area contributed by atoms with Gasteiger partial charge in [-0.1, -0.05) is 13.0 Å². The monoisotopic (exact) mass is 274 g/mol. The van der Waals surface area contributed by atoms with Crippen LogP contribution in [-0.4, -0.2) is 18.8 Å². The molecule has 4 heteroatoms. The standard InChI is InChI=1S/C16H22N2O2/c1-3-14(10-17)20-15-8-5-12(9-16(15)19-4-2)11-18-13-6-7-13/h5,8-9,13-14,18H,3-4,6-7,11H2,1-2H3. The molecule has 1 aliphatic carbocycles. The van der Waals surface area contributed by atoms with Crippen LogP contribution in [0.25, 0.3) is 0 Å². The largest absolute Gasteiger partial charge is 0.490 e. The van der Waals surface area contributed by atoms with E-state index < -0.39 is 6.10 Å². The molecule has 0 spiro atoms. The first kappa shape index (κ1) is 14.7. The van der Waals surface area contributed by atoms with Gasteiger partial charge in [0.25, 0.3) is 0 Å². The highest BCUT2D eigenvalue weighted by Crippen LogP contribution is 2.30. The minimum atomic E-state index is -0.426. The van der Waals surface area contributed by atoms with Crippen LogP contribution in [0, 0.1) is 11.3 Å². The number of benzene rings is 1. The van der Waals surface area contributed by atoms with Crippen molar-refractivity contribution in [2.75, 3.05) is 6.61 Å². The van der Waals surface area contributed by atoms with Crippen LogP contribution in [0.5, 0.6) is 11.5 Å². The van der Waals surface area contributed by atoms with E-state index in [1.54, 1.807) is 0 Å². The summed E-state index contributed by atoms with van der Waals surface area (Å²) in [6.45, 7) is 5.31. The molecule has 1 aliphatic rings. The van der Waals surface area contributed by atoms with Crippen LogP contribution in [0.3, 0.4) is 0 Å². The third-order valence-corrected chi connectivity index (χ3v) is 3.26. The third kappa shape index (κ3) is 4.14. The summed E-state index contributed by atoms with van der Waals surface area (Å²) in [6, 6.07) is 8.75. The van der Waals surface area contributed by atoms with Crippen LogP contribution in [0.4, 0.5) is 0 Å². The molecule has 4 nitrogen and oxygen atoms in total. The average molecular weight is 274 g/mol. The van der Waals surface area contributed by atoms with Crippen molar-refractivity contribution in [3.8, 4) is 17.6 Å². The first-order chi connectivity index (χ1) is 9.76. The lowest BCUT2D eigenvalue weighted by molar-refractivity contribution is 0.231. The number of rotatable bonds is 8. The van der Waals surface area contributed by atoms with E-state index in [0.717, 1.165) is 12.3 Å². The van der Waals surface area contributed by atoms with Crippen molar-refractivity contribution in [2.24, 2.45) is 0 Å². The van der Waals surface area contributed by atoms with E-state index in [-0.39, 0.29) is 0 Å². The maximum atomic E-state index is 8.99. The van der Waals surface area contributed by atoms with E-state index in [0.29, 0.717) is 24.8 Å². The molecule has 1 atom stereocenters. The van der Waals surface area contributed by atoms with E-state index in [1.165, 1.54) is 18.4 Å². The number of hydrogen-bond donors (Lipinski definition) is 1. The van der Waals surface area contributed by atoms with Gasteiger partial charge in [0.2, 0.25) is 0 Å². The molecule has 0 heterocycles. The van der Waals surface area contributed by atoms with Crippen LogP contribution in [0.1, 0.15) is 38.7 Å². The Bertz CT molecular complexity index is 478. The summed E-state index contributed by atoms with van der Waals surface area (Å²) in [7, 11) is 0. The Morgan fingerprint density at radius 1 is 1.35 bits per heavy atom. The Balaban J connectivity index is 2.07. The van der Waals surface area contributed by atoms with E-state index in [4.69, 9.17) is 14.7 Å². The lowest BCUT2D eigenvalue weighted by Gasteiger charge is -2.16. The Labute approximate surface area is 120 Å². The normalized spacial score (nSPS) is 15.4. The van der Waals surface area contributed by atoms with Crippen LogP contribution in [0.2, 0.25) is 0 Å². The minimum Gasteiger partial charge on any atom is -0.490 e. The quantitative estimate of drug-likeness (QED) is 0.791. The molecule has 1 aromatic rings. The van der Waals surface area contributed by atoms with Gasteiger partial charge < -0.3 is 14.8 Å². The lowest BCUT2D eigenvalue weighted by atomic mass is 10.2. The zero-order valence-corrected chi connectivity index (χ0v) is 12.2. The van der Waals surface area contributed by atoms with E-state index in [9.17, 15) is 0 Å². The van der Waals surface area contributed by atoms with Crippen molar-refractivity contribution < 1.29 is 9.47 Å². The van der Waals surface area contributed by atoms with Gasteiger partial charge in [-0.3, -0.25) is 0 Å². The molecule has 1 unspecified atom stereocenters. The SMILES string of the molecule is CCOc1cc(CNC2CC2)ccc1OC(C#N)CC. The second kappa shape index (κ2) is 7.16. The fourth-order valence-corrected chi connectivity index (χ4v) is 1.93. The number of ether oxygens (including phenoxy) is 2. The highest BCUT2D eigenvalue weighted by atomic mass is 16.5. The number of nitrogens with zero attached hydrogens (tertiary/aromatic N) is 1. The molecule has 0 amide bonds. The molecule has 1 fully saturated rings. The van der Waals surface area contributed by atoms with Crippen molar-refractivity contribution in [1.82, 2.24) is 5.32 Å². The Morgan fingerprint density at radius 2 is 2.15 bits per heavy atom. The average Bonchev–Trinajstić information content (AvgIpc) is 3.28. The van der Waals surface area contributed by atoms with E-state index in [1.807, 2.05) is 32.0 Å². The summed E-state index contributed by atoms with van der Waals surface area (Å²) in [5, 5.41) is 12.5. The van der Waals surface area contributed by atoms with Gasteiger partial charge >= 0.3 is 0 Å². The molecule has 0 aromatic heterocycles. The van der Waals surface area contributed by atoms with Gasteiger partial charge in [0.05, 0.1) is 6.61 Å². The van der Waals surface area contributed by atoms with Crippen molar-refractivity contribution >= 4 is 0 Å². The molecule has 1 N–H and O–H groups in total. The lowest BCUT2D eigenvalue weighted by Crippen LogP contribution is -2.16. The molecule has 0 aliphatic heterocycles. The van der Waals surface area contributed by atoms with Crippen LogP contribution in [-0.2, 0) is 6.54 Å². The first-order valence-corrected chi connectivity index (χ1v) is 7.32. The van der Waals surface area contributed by atoms with Gasteiger partial charge in [0.1, 0.15) is 6.07 Å². The molecular formula is C16H22N2O2. The second-order valence-electron chi connectivity index (χ2n) is 5.01. The zero-order valence-electron chi connectivity index (χ0n) is 12.2. The predicted octanol–water partition coefficient (Wildman–Crippen LogP) is 3.02. The summed E-state index contributed by atoms with van der Waals surface area (Å²) in [4.78, 5) is 0. The number of nitriles is 1. The molecule has 2 rings (SSSR count). The van der Waals surface area contributed by atoms with Gasteiger partial charge in [-0.25, -0.2) is 0 Å². The summed E-state index contributed by atoms with van der Waals surface area (Å²) in [5.74, 6) is 1.37. The molecule has 0 saturated heterocycles. The van der Waals surface area contributed by atoms with Gasteiger partial charge in [-0.2, -0.15) is 5.26 Å². The fraction of sp³-hybridized carbons (Fsp3) is 0.562. The fourth-order valence-electron chi connectivity index (χ4n) is 1.93. The highest BCUT2D eigenvalue weighted by Gasteiger charge is 2.20. The summed E-state index contributed by atoms with van der Waals surface area (Å²) in [6.07, 6.45) is 2.79. The van der Waals surface area contributed by atoms with Gasteiger partial charge in [-0.15, -0.1) is 0 Å². The molecule has 1 saturated carbocycles. The molecular weight excluding hydrogens is 252 g/mol. The molecule has 1 aromatic carbocycles. The van der Waals surface area contributed by atoms with Crippen LogP contribution < -0.4 is 14.8 Å². The van der Waals surface area contributed by atoms with Crippen molar-refractivity contribution in [3.05, 3.63) is 23.8 Å². The smallest absolute Gasteiger partial charge is 0.184 e. The van der Waals surface area contributed by atoms with Gasteiger partial charge in [-0.05, 0) is 43.9 Å². The molecule has 20 heavy (non-hydrogen) atoms. The minimum absolute atomic E-state index is 0.426. The predicted molar refractivity (Wildman–Crippen MR) is 77.8 cm³/mol. The van der Waals surface area contributed by atoms with E-state index in [2.05, 4.69) is 11.4 Å². The first-order valence-electron chi connectivity index (χ1n) is 7.32. The maximum absolute atomic E-state index is 8.99. The number of hydrogen-bond acceptors (Lipinski definition) is 4. The van der Waals surface area contributed by atoms with Crippen molar-refractivity contribution in [2.45, 2.75) is 51.8 Å². The Morgan fingerprint density at radius 3 is 2.75 bits per heavy atom. The summed E-state index contributed by atoms with van der Waals surface area (Å²) < 4.78 is 11.3. The highest BCUT2D eigenvalue weighted by molar-refractivity contribution is 5.43. The topological polar surface area (TPSA) is 54.3 Å². The maximum Gasteiger partial charge on any atom is 0.184 e. The van der Waals surface area contributed by atoms with E-state index >= 15 is 0 Å². The summed E-state index contributed by atoms with van der Waals surface area (Å²) >= 11 is 0. The van der Waals surface area contributed by atoms with Crippen LogP contribution in [0.15, 0.2) is 18.2 Å². The third-order valence-electron chi connectivity index (χ3n) is 3.26. The zero-order chi connectivity index (χ0) is 14.4. The Kier molecular flexibility index (Phi) is 5.25. The van der Waals surface area contributed by atoms with Crippen LogP contribution >= 0.6 is 0 Å². The number of nitrogens with one attached hydrogen (secondary N) is 1. The molecule has 0 radical (unpaired) electrons. The summed E-state index contributed by atoms with van der Waals surface area (Å²) in [5.41, 5.74) is 1.18. The second-order valence-corrected chi connectivity index (χ2v) is 5.01. The van der Waals surface area contributed by atoms with Crippen molar-refractivity contribution in [1.29, 1.82) is 5.26 Å². The van der Waals surface area contributed by atoms with Gasteiger partial charge in [0, 0.05) is 12.6 Å². The van der Waals surface area contributed by atoms with Gasteiger partial charge in [0.15, 0.2) is 17.6 Å².